The second-order valence-electron chi connectivity index (χ2n) is 6.49. The molecule has 0 spiro atoms. The monoisotopic (exact) mass is 430 g/mol. The fourth-order valence-electron chi connectivity index (χ4n) is 3.07. The van der Waals surface area contributed by atoms with Crippen LogP contribution in [0.1, 0.15) is 5.69 Å². The van der Waals surface area contributed by atoms with Crippen molar-refractivity contribution in [1.82, 2.24) is 9.88 Å². The molecule has 7 nitrogen and oxygen atoms in total. The molecule has 1 fully saturated rings. The van der Waals surface area contributed by atoms with Crippen LogP contribution in [-0.2, 0) is 4.79 Å². The first-order valence-corrected chi connectivity index (χ1v) is 10.1. The number of furan rings is 1. The average molecular weight is 430 g/mol. The Kier molecular flexibility index (Phi) is 5.72. The highest BCUT2D eigenvalue weighted by Crippen LogP contribution is 2.29. The summed E-state index contributed by atoms with van der Waals surface area (Å²) in [4.78, 5) is 20.7. The molecule has 1 saturated heterocycles. The molecule has 1 aliphatic heterocycles. The van der Waals surface area contributed by atoms with Crippen molar-refractivity contribution < 1.29 is 22.4 Å². The lowest BCUT2D eigenvalue weighted by atomic mass is 10.3. The van der Waals surface area contributed by atoms with Gasteiger partial charge >= 0.3 is 0 Å². The van der Waals surface area contributed by atoms with Crippen molar-refractivity contribution in [2.24, 2.45) is 0 Å². The van der Waals surface area contributed by atoms with Crippen LogP contribution in [0.3, 0.4) is 0 Å². The number of nitriles is 1. The average Bonchev–Trinajstić information content (AvgIpc) is 3.44. The Hall–Kier alpha value is -3.32. The van der Waals surface area contributed by atoms with Gasteiger partial charge in [-0.25, -0.2) is 8.78 Å². The molecule has 1 amide bonds. The Bertz CT molecular complexity index is 1090. The largest absolute Gasteiger partial charge is 0.459 e. The predicted octanol–water partition coefficient (Wildman–Crippen LogP) is 3.53. The summed E-state index contributed by atoms with van der Waals surface area (Å²) in [6, 6.07) is 8.99. The summed E-state index contributed by atoms with van der Waals surface area (Å²) in [5.41, 5.74) is 0.162. The number of thioether (sulfide) groups is 1. The Labute approximate surface area is 174 Å². The normalized spacial score (nSPS) is 14.0. The van der Waals surface area contributed by atoms with Crippen LogP contribution in [0, 0.1) is 23.0 Å². The molecule has 2 aromatic heterocycles. The first-order chi connectivity index (χ1) is 14.5. The third kappa shape index (κ3) is 4.16. The van der Waals surface area contributed by atoms with Crippen LogP contribution in [0.15, 0.2) is 50.3 Å². The molecular weight excluding hydrogens is 414 g/mol. The van der Waals surface area contributed by atoms with Crippen LogP contribution < -0.4 is 4.90 Å². The van der Waals surface area contributed by atoms with Crippen LogP contribution in [0.25, 0.3) is 11.7 Å². The molecule has 0 aliphatic carbocycles. The number of carbonyl (C=O) groups excluding carboxylic acids is 1. The van der Waals surface area contributed by atoms with Gasteiger partial charge in [-0.1, -0.05) is 0 Å². The zero-order valence-electron chi connectivity index (χ0n) is 15.7. The van der Waals surface area contributed by atoms with E-state index in [-0.39, 0.29) is 23.2 Å². The van der Waals surface area contributed by atoms with Crippen molar-refractivity contribution in [2.45, 2.75) is 4.90 Å². The summed E-state index contributed by atoms with van der Waals surface area (Å²) >= 11 is 1.16. The van der Waals surface area contributed by atoms with Crippen LogP contribution in [0.5, 0.6) is 0 Å². The van der Waals surface area contributed by atoms with Gasteiger partial charge in [-0.2, -0.15) is 10.2 Å². The fourth-order valence-corrected chi connectivity index (χ4v) is 3.89. The highest BCUT2D eigenvalue weighted by atomic mass is 32.2. The molecule has 0 atom stereocenters. The molecule has 3 aromatic rings. The Morgan fingerprint density at radius 1 is 1.20 bits per heavy atom. The molecule has 0 N–H and O–H groups in total. The fraction of sp³-hybridized carbons (Fsp3) is 0.250. The number of carbonyl (C=O) groups is 1. The maximum atomic E-state index is 13.3. The van der Waals surface area contributed by atoms with Crippen LogP contribution >= 0.6 is 11.8 Å². The number of anilines is 1. The molecule has 30 heavy (non-hydrogen) atoms. The smallest absolute Gasteiger partial charge is 0.266 e. The third-order valence-electron chi connectivity index (χ3n) is 4.62. The lowest BCUT2D eigenvalue weighted by molar-refractivity contribution is -0.128. The maximum absolute atomic E-state index is 13.3. The highest BCUT2D eigenvalue weighted by molar-refractivity contribution is 8.00. The van der Waals surface area contributed by atoms with E-state index >= 15 is 0 Å². The number of halogens is 2. The van der Waals surface area contributed by atoms with E-state index in [0.717, 1.165) is 23.9 Å². The number of nitrogens with zero attached hydrogens (tertiary/aromatic N) is 4. The number of aromatic nitrogens is 1. The van der Waals surface area contributed by atoms with Gasteiger partial charge in [-0.15, -0.1) is 11.8 Å². The number of piperazine rings is 1. The van der Waals surface area contributed by atoms with E-state index in [0.29, 0.717) is 42.7 Å². The van der Waals surface area contributed by atoms with Gasteiger partial charge in [-0.3, -0.25) is 4.79 Å². The second-order valence-corrected chi connectivity index (χ2v) is 7.54. The number of amides is 1. The van der Waals surface area contributed by atoms with Crippen LogP contribution in [-0.4, -0.2) is 47.7 Å². The van der Waals surface area contributed by atoms with Crippen LogP contribution in [0.4, 0.5) is 14.7 Å². The lowest BCUT2D eigenvalue weighted by Gasteiger charge is -2.34. The van der Waals surface area contributed by atoms with E-state index in [2.05, 4.69) is 4.98 Å². The minimum absolute atomic E-state index is 0.0984. The molecular formula is C20H16F2N4O3S. The topological polar surface area (TPSA) is 86.5 Å². The van der Waals surface area contributed by atoms with Gasteiger partial charge in [-0.05, 0) is 30.3 Å². The number of oxazole rings is 1. The van der Waals surface area contributed by atoms with Crippen molar-refractivity contribution in [2.75, 3.05) is 36.8 Å². The van der Waals surface area contributed by atoms with Gasteiger partial charge in [0.15, 0.2) is 17.4 Å². The molecule has 0 radical (unpaired) electrons. The van der Waals surface area contributed by atoms with Crippen molar-refractivity contribution in [1.29, 1.82) is 5.26 Å². The summed E-state index contributed by atoms with van der Waals surface area (Å²) < 4.78 is 37.3. The van der Waals surface area contributed by atoms with Gasteiger partial charge in [0.2, 0.25) is 17.5 Å². The van der Waals surface area contributed by atoms with Crippen molar-refractivity contribution in [3.05, 3.63) is 53.9 Å². The molecule has 0 saturated carbocycles. The molecule has 0 bridgehead atoms. The van der Waals surface area contributed by atoms with Gasteiger partial charge in [0.25, 0.3) is 5.89 Å². The molecule has 10 heteroatoms. The zero-order chi connectivity index (χ0) is 21.1. The Morgan fingerprint density at radius 3 is 2.67 bits per heavy atom. The quantitative estimate of drug-likeness (QED) is 0.573. The lowest BCUT2D eigenvalue weighted by Crippen LogP contribution is -2.49. The van der Waals surface area contributed by atoms with E-state index in [1.165, 1.54) is 12.3 Å². The van der Waals surface area contributed by atoms with Crippen molar-refractivity contribution in [3.8, 4) is 17.7 Å². The first kappa shape index (κ1) is 20.0. The molecule has 1 aliphatic rings. The molecule has 0 unspecified atom stereocenters. The number of hydrogen-bond donors (Lipinski definition) is 0. The van der Waals surface area contributed by atoms with E-state index in [1.54, 1.807) is 17.0 Å². The zero-order valence-corrected chi connectivity index (χ0v) is 16.5. The first-order valence-electron chi connectivity index (χ1n) is 9.10. The molecule has 1 aromatic carbocycles. The van der Waals surface area contributed by atoms with Crippen molar-refractivity contribution >= 4 is 23.6 Å². The minimum Gasteiger partial charge on any atom is -0.459 e. The second kappa shape index (κ2) is 8.59. The summed E-state index contributed by atoms with van der Waals surface area (Å²) in [6.45, 7) is 1.84. The number of rotatable bonds is 5. The summed E-state index contributed by atoms with van der Waals surface area (Å²) in [7, 11) is 0. The Balaban J connectivity index is 1.35. The molecule has 3 heterocycles. The summed E-state index contributed by atoms with van der Waals surface area (Å²) in [5, 5.41) is 9.37. The van der Waals surface area contributed by atoms with Gasteiger partial charge in [0.05, 0.1) is 12.0 Å². The SMILES string of the molecule is N#Cc1nc(-c2ccco2)oc1N1CCN(C(=O)CSc2ccc(F)c(F)c2)CC1. The third-order valence-corrected chi connectivity index (χ3v) is 5.60. The van der Waals surface area contributed by atoms with E-state index in [4.69, 9.17) is 8.83 Å². The number of benzene rings is 1. The highest BCUT2D eigenvalue weighted by Gasteiger charge is 2.27. The van der Waals surface area contributed by atoms with E-state index in [9.17, 15) is 18.8 Å². The summed E-state index contributed by atoms with van der Waals surface area (Å²) in [6.07, 6.45) is 1.49. The van der Waals surface area contributed by atoms with Crippen LogP contribution in [0.2, 0.25) is 0 Å². The Morgan fingerprint density at radius 2 is 2.00 bits per heavy atom. The van der Waals surface area contributed by atoms with Gasteiger partial charge < -0.3 is 18.6 Å². The van der Waals surface area contributed by atoms with Crippen molar-refractivity contribution in [3.63, 3.8) is 0 Å². The van der Waals surface area contributed by atoms with E-state index in [1.807, 2.05) is 11.0 Å². The summed E-state index contributed by atoms with van der Waals surface area (Å²) in [5.74, 6) is -0.810. The molecule has 4 rings (SSSR count). The minimum atomic E-state index is -0.935. The van der Waals surface area contributed by atoms with Gasteiger partial charge in [0.1, 0.15) is 6.07 Å². The predicted molar refractivity (Wildman–Crippen MR) is 105 cm³/mol. The standard InChI is InChI=1S/C20H16F2N4O3S/c21-14-4-3-13(10-15(14)22)30-12-18(27)25-5-7-26(8-6-25)20-16(11-23)24-19(29-20)17-2-1-9-28-17/h1-4,9-10H,5-8,12H2. The maximum Gasteiger partial charge on any atom is 0.266 e. The number of hydrogen-bond acceptors (Lipinski definition) is 7. The van der Waals surface area contributed by atoms with E-state index < -0.39 is 11.6 Å². The molecule has 154 valence electrons. The van der Waals surface area contributed by atoms with Gasteiger partial charge in [0, 0.05) is 31.1 Å².